The van der Waals surface area contributed by atoms with E-state index in [1.165, 1.54) is 5.56 Å². The Morgan fingerprint density at radius 2 is 1.95 bits per heavy atom. The molecule has 2 nitrogen and oxygen atoms in total. The fourth-order valence-corrected chi connectivity index (χ4v) is 2.91. The van der Waals surface area contributed by atoms with E-state index in [0.717, 1.165) is 29.3 Å². The predicted octanol–water partition coefficient (Wildman–Crippen LogP) is 3.99. The van der Waals surface area contributed by atoms with Crippen molar-refractivity contribution in [2.24, 2.45) is 0 Å². The van der Waals surface area contributed by atoms with Gasteiger partial charge in [0.2, 0.25) is 0 Å². The third kappa shape index (κ3) is 2.82. The molecule has 3 heteroatoms. The van der Waals surface area contributed by atoms with Crippen molar-refractivity contribution in [3.63, 3.8) is 0 Å². The third-order valence-electron chi connectivity index (χ3n) is 3.74. The molecule has 2 aromatic rings. The van der Waals surface area contributed by atoms with Crippen molar-refractivity contribution in [1.82, 2.24) is 5.32 Å². The molecule has 1 aliphatic rings. The molecular weight excluding hydrogens is 270 g/mol. The zero-order valence-electron chi connectivity index (χ0n) is 11.5. The van der Waals surface area contributed by atoms with Crippen LogP contribution in [0.3, 0.4) is 0 Å². The lowest BCUT2D eigenvalue weighted by molar-refractivity contribution is 0.222. The fraction of sp³-hybridized carbons (Fsp3) is 0.294. The van der Waals surface area contributed by atoms with Crippen LogP contribution >= 0.6 is 11.6 Å². The molecule has 0 saturated heterocycles. The summed E-state index contributed by atoms with van der Waals surface area (Å²) in [5, 5.41) is 4.32. The molecule has 0 aromatic heterocycles. The number of hydrogen-bond acceptors (Lipinski definition) is 2. The lowest BCUT2D eigenvalue weighted by Crippen LogP contribution is -2.32. The molecule has 104 valence electrons. The van der Waals surface area contributed by atoms with Crippen LogP contribution in [0, 0.1) is 0 Å². The Kier molecular flexibility index (Phi) is 3.95. The van der Waals surface area contributed by atoms with Gasteiger partial charge >= 0.3 is 0 Å². The molecule has 0 saturated carbocycles. The smallest absolute Gasteiger partial charge is 0.123 e. The number of halogens is 1. The summed E-state index contributed by atoms with van der Waals surface area (Å²) in [7, 11) is 0. The highest BCUT2D eigenvalue weighted by Gasteiger charge is 2.22. The molecule has 0 aliphatic carbocycles. The van der Waals surface area contributed by atoms with Gasteiger partial charge in [-0.05, 0) is 30.2 Å². The number of ether oxygens (including phenoxy) is 1. The highest BCUT2D eigenvalue weighted by Crippen LogP contribution is 2.28. The Balaban J connectivity index is 1.58. The highest BCUT2D eigenvalue weighted by atomic mass is 35.5. The largest absolute Gasteiger partial charge is 0.488 e. The van der Waals surface area contributed by atoms with Crippen molar-refractivity contribution in [2.45, 2.75) is 25.5 Å². The Hall–Kier alpha value is -1.51. The average Bonchev–Trinajstić information content (AvgIpc) is 2.88. The van der Waals surface area contributed by atoms with E-state index >= 15 is 0 Å². The maximum atomic E-state index is 6.22. The lowest BCUT2D eigenvalue weighted by Gasteiger charge is -2.18. The number of rotatable bonds is 4. The summed E-state index contributed by atoms with van der Waals surface area (Å²) in [6, 6.07) is 16.4. The molecular formula is C17H18ClNO. The maximum absolute atomic E-state index is 6.22. The van der Waals surface area contributed by atoms with Crippen LogP contribution in [0.4, 0.5) is 0 Å². The quantitative estimate of drug-likeness (QED) is 0.918. The first kappa shape index (κ1) is 13.5. The van der Waals surface area contributed by atoms with Gasteiger partial charge in [0.05, 0.1) is 0 Å². The van der Waals surface area contributed by atoms with Gasteiger partial charge in [-0.1, -0.05) is 48.0 Å². The van der Waals surface area contributed by atoms with Crippen LogP contribution in [0.2, 0.25) is 5.02 Å². The Bertz CT molecular complexity index is 574. The molecule has 1 unspecified atom stereocenters. The maximum Gasteiger partial charge on any atom is 0.123 e. The first-order chi connectivity index (χ1) is 9.74. The zero-order chi connectivity index (χ0) is 13.9. The van der Waals surface area contributed by atoms with E-state index in [1.54, 1.807) is 0 Å². The molecule has 0 spiro atoms. The van der Waals surface area contributed by atoms with Gasteiger partial charge in [0, 0.05) is 24.0 Å². The van der Waals surface area contributed by atoms with Gasteiger partial charge in [-0.25, -0.2) is 0 Å². The minimum atomic E-state index is 0.206. The van der Waals surface area contributed by atoms with E-state index in [2.05, 4.69) is 30.4 Å². The first-order valence-corrected chi connectivity index (χ1v) is 7.34. The van der Waals surface area contributed by atoms with E-state index in [-0.39, 0.29) is 12.1 Å². The van der Waals surface area contributed by atoms with Gasteiger partial charge in [0.15, 0.2) is 0 Å². The summed E-state index contributed by atoms with van der Waals surface area (Å²) in [4.78, 5) is 0. The minimum absolute atomic E-state index is 0.206. The van der Waals surface area contributed by atoms with E-state index < -0.39 is 0 Å². The van der Waals surface area contributed by atoms with Crippen LogP contribution in [0.5, 0.6) is 5.75 Å². The second-order valence-corrected chi connectivity index (χ2v) is 5.61. The molecule has 0 bridgehead atoms. The van der Waals surface area contributed by atoms with Crippen molar-refractivity contribution in [2.75, 3.05) is 6.54 Å². The van der Waals surface area contributed by atoms with Crippen LogP contribution in [0.25, 0.3) is 0 Å². The molecule has 1 aliphatic heterocycles. The van der Waals surface area contributed by atoms with Gasteiger partial charge < -0.3 is 10.1 Å². The molecule has 1 N–H and O–H groups in total. The normalized spacial score (nSPS) is 18.4. The van der Waals surface area contributed by atoms with Crippen molar-refractivity contribution < 1.29 is 4.74 Å². The molecule has 1 heterocycles. The second-order valence-electron chi connectivity index (χ2n) is 5.20. The molecule has 20 heavy (non-hydrogen) atoms. The SMILES string of the molecule is C[C@@H](NCC1Cc2ccccc2O1)c1ccccc1Cl. The Labute approximate surface area is 124 Å². The number of benzene rings is 2. The summed E-state index contributed by atoms with van der Waals surface area (Å²) in [5.74, 6) is 1.02. The van der Waals surface area contributed by atoms with E-state index in [1.807, 2.05) is 30.3 Å². The fourth-order valence-electron chi connectivity index (χ4n) is 2.61. The van der Waals surface area contributed by atoms with Crippen LogP contribution in [0.15, 0.2) is 48.5 Å². The number of nitrogens with one attached hydrogen (secondary N) is 1. The van der Waals surface area contributed by atoms with Crippen LogP contribution in [-0.4, -0.2) is 12.6 Å². The lowest BCUT2D eigenvalue weighted by atomic mass is 10.1. The first-order valence-electron chi connectivity index (χ1n) is 6.96. The third-order valence-corrected chi connectivity index (χ3v) is 4.08. The second kappa shape index (κ2) is 5.86. The van der Waals surface area contributed by atoms with Crippen LogP contribution in [-0.2, 0) is 6.42 Å². The molecule has 3 rings (SSSR count). The summed E-state index contributed by atoms with van der Waals surface area (Å²) < 4.78 is 5.93. The predicted molar refractivity (Wildman–Crippen MR) is 82.4 cm³/mol. The summed E-state index contributed by atoms with van der Waals surface area (Å²) in [6.45, 7) is 2.95. The van der Waals surface area contributed by atoms with E-state index in [9.17, 15) is 0 Å². The number of para-hydroxylation sites is 1. The summed E-state index contributed by atoms with van der Waals surface area (Å²) in [6.07, 6.45) is 1.18. The van der Waals surface area contributed by atoms with Crippen molar-refractivity contribution in [3.8, 4) is 5.75 Å². The zero-order valence-corrected chi connectivity index (χ0v) is 12.2. The molecule has 0 amide bonds. The van der Waals surface area contributed by atoms with Gasteiger partial charge in [0.25, 0.3) is 0 Å². The van der Waals surface area contributed by atoms with E-state index in [0.29, 0.717) is 0 Å². The molecule has 0 radical (unpaired) electrons. The Morgan fingerprint density at radius 3 is 2.75 bits per heavy atom. The summed E-state index contributed by atoms with van der Waals surface area (Å²) in [5.41, 5.74) is 2.43. The van der Waals surface area contributed by atoms with Crippen molar-refractivity contribution in [3.05, 3.63) is 64.7 Å². The Morgan fingerprint density at radius 1 is 1.20 bits per heavy atom. The van der Waals surface area contributed by atoms with Crippen LogP contribution in [0.1, 0.15) is 24.1 Å². The highest BCUT2D eigenvalue weighted by molar-refractivity contribution is 6.31. The molecule has 2 atom stereocenters. The van der Waals surface area contributed by atoms with Gasteiger partial charge in [-0.3, -0.25) is 0 Å². The topological polar surface area (TPSA) is 21.3 Å². The summed E-state index contributed by atoms with van der Waals surface area (Å²) >= 11 is 6.22. The van der Waals surface area contributed by atoms with Gasteiger partial charge in [-0.2, -0.15) is 0 Å². The minimum Gasteiger partial charge on any atom is -0.488 e. The molecule has 0 fully saturated rings. The number of fused-ring (bicyclic) bond motifs is 1. The average molecular weight is 288 g/mol. The van der Waals surface area contributed by atoms with Gasteiger partial charge in [-0.15, -0.1) is 0 Å². The van der Waals surface area contributed by atoms with Crippen LogP contribution < -0.4 is 10.1 Å². The van der Waals surface area contributed by atoms with Gasteiger partial charge in [0.1, 0.15) is 11.9 Å². The molecule has 2 aromatic carbocycles. The monoisotopic (exact) mass is 287 g/mol. The van der Waals surface area contributed by atoms with Crippen molar-refractivity contribution >= 4 is 11.6 Å². The van der Waals surface area contributed by atoms with Crippen molar-refractivity contribution in [1.29, 1.82) is 0 Å². The van der Waals surface area contributed by atoms with E-state index in [4.69, 9.17) is 16.3 Å². The standard InChI is InChI=1S/C17H18ClNO/c1-12(15-7-3-4-8-16(15)18)19-11-14-10-13-6-2-5-9-17(13)20-14/h2-9,12,14,19H,10-11H2,1H3/t12-,14?/m1/s1. The number of hydrogen-bond donors (Lipinski definition) is 1.